The molecule has 2 heterocycles. The van der Waals surface area contributed by atoms with Crippen LogP contribution in [0.3, 0.4) is 0 Å². The van der Waals surface area contributed by atoms with Crippen LogP contribution in [0, 0.1) is 0 Å². The first-order valence-corrected chi connectivity index (χ1v) is 5.71. The fourth-order valence-corrected chi connectivity index (χ4v) is 1.59. The number of nitrogens with zero attached hydrogens (tertiary/aromatic N) is 2. The number of hydrogen-bond acceptors (Lipinski definition) is 5. The predicted molar refractivity (Wildman–Crippen MR) is 71.8 cm³/mol. The average molecular weight is 265 g/mol. The summed E-state index contributed by atoms with van der Waals surface area (Å²) in [5, 5.41) is 3.52. The second-order valence-electron chi connectivity index (χ2n) is 3.63. The average Bonchev–Trinajstić information content (AvgIpc) is 2.40. The molecule has 0 amide bonds. The van der Waals surface area contributed by atoms with E-state index < -0.39 is 0 Å². The minimum atomic E-state index is 0.402. The molecule has 94 valence electrons. The molecule has 0 aliphatic carbocycles. The first-order chi connectivity index (χ1) is 8.69. The largest absolute Gasteiger partial charge is 0.481 e. The maximum absolute atomic E-state index is 5.81. The van der Waals surface area contributed by atoms with Gasteiger partial charge >= 0.3 is 0 Å². The summed E-state index contributed by atoms with van der Waals surface area (Å²) < 4.78 is 5.05. The van der Waals surface area contributed by atoms with Crippen LogP contribution in [0.1, 0.15) is 5.56 Å². The fourth-order valence-electron chi connectivity index (χ4n) is 1.45. The van der Waals surface area contributed by atoms with Crippen molar-refractivity contribution >= 4 is 23.1 Å². The highest BCUT2D eigenvalue weighted by atomic mass is 35.5. The Labute approximate surface area is 110 Å². The van der Waals surface area contributed by atoms with Crippen LogP contribution in [-0.2, 0) is 6.54 Å². The Hall–Kier alpha value is -2.01. The molecule has 0 saturated heterocycles. The maximum Gasteiger partial charge on any atom is 0.213 e. The zero-order valence-corrected chi connectivity index (χ0v) is 10.6. The molecule has 0 aliphatic heterocycles. The van der Waals surface area contributed by atoms with E-state index in [2.05, 4.69) is 15.3 Å². The summed E-state index contributed by atoms with van der Waals surface area (Å²) in [7, 11) is 1.58. The summed E-state index contributed by atoms with van der Waals surface area (Å²) in [5.74, 6) is 1.14. The van der Waals surface area contributed by atoms with Gasteiger partial charge in [-0.2, -0.15) is 0 Å². The van der Waals surface area contributed by atoms with Crippen molar-refractivity contribution in [1.29, 1.82) is 0 Å². The maximum atomic E-state index is 5.81. The highest BCUT2D eigenvalue weighted by Gasteiger charge is 2.02. The number of nitrogens with one attached hydrogen (secondary N) is 1. The van der Waals surface area contributed by atoms with Gasteiger partial charge in [0.2, 0.25) is 5.88 Å². The Morgan fingerprint density at radius 2 is 2.22 bits per heavy atom. The van der Waals surface area contributed by atoms with Gasteiger partial charge in [-0.1, -0.05) is 11.6 Å². The molecular formula is C12H13ClN4O. The molecule has 0 unspecified atom stereocenters. The Kier molecular flexibility index (Phi) is 3.84. The third-order valence-corrected chi connectivity index (χ3v) is 2.57. The van der Waals surface area contributed by atoms with Crippen LogP contribution >= 0.6 is 11.6 Å². The quantitative estimate of drug-likeness (QED) is 0.829. The van der Waals surface area contributed by atoms with Crippen LogP contribution in [0.15, 0.2) is 30.5 Å². The Morgan fingerprint density at radius 1 is 1.39 bits per heavy atom. The summed E-state index contributed by atoms with van der Waals surface area (Å²) in [6.07, 6.45) is 1.69. The zero-order chi connectivity index (χ0) is 13.0. The van der Waals surface area contributed by atoms with Crippen molar-refractivity contribution in [2.75, 3.05) is 18.2 Å². The lowest BCUT2D eigenvalue weighted by molar-refractivity contribution is 0.397. The van der Waals surface area contributed by atoms with Crippen LogP contribution in [0.4, 0.5) is 11.5 Å². The van der Waals surface area contributed by atoms with Crippen LogP contribution < -0.4 is 15.8 Å². The van der Waals surface area contributed by atoms with Gasteiger partial charge in [0, 0.05) is 18.8 Å². The van der Waals surface area contributed by atoms with Crippen molar-refractivity contribution in [3.63, 3.8) is 0 Å². The van der Waals surface area contributed by atoms with Crippen molar-refractivity contribution in [3.8, 4) is 5.88 Å². The van der Waals surface area contributed by atoms with Crippen molar-refractivity contribution in [2.45, 2.75) is 6.54 Å². The van der Waals surface area contributed by atoms with Crippen molar-refractivity contribution in [1.82, 2.24) is 9.97 Å². The molecule has 0 aliphatic rings. The number of hydrogen-bond donors (Lipinski definition) is 2. The van der Waals surface area contributed by atoms with Gasteiger partial charge in [-0.25, -0.2) is 9.97 Å². The van der Waals surface area contributed by atoms with Gasteiger partial charge in [-0.15, -0.1) is 0 Å². The molecule has 2 aromatic heterocycles. The molecule has 5 nitrogen and oxygen atoms in total. The van der Waals surface area contributed by atoms with E-state index in [1.807, 2.05) is 12.1 Å². The molecule has 2 aromatic rings. The van der Waals surface area contributed by atoms with Crippen molar-refractivity contribution in [2.24, 2.45) is 0 Å². The highest BCUT2D eigenvalue weighted by Crippen LogP contribution is 2.19. The number of ether oxygens (including phenoxy) is 1. The molecule has 0 saturated carbocycles. The predicted octanol–water partition coefficient (Wildman–Crippen LogP) is 2.33. The van der Waals surface area contributed by atoms with E-state index >= 15 is 0 Å². The molecule has 0 radical (unpaired) electrons. The van der Waals surface area contributed by atoms with E-state index in [4.69, 9.17) is 22.1 Å². The molecule has 0 bridgehead atoms. The van der Waals surface area contributed by atoms with Gasteiger partial charge in [0.25, 0.3) is 0 Å². The second kappa shape index (κ2) is 5.55. The molecule has 0 spiro atoms. The van der Waals surface area contributed by atoms with Gasteiger partial charge in [0.15, 0.2) is 5.82 Å². The lowest BCUT2D eigenvalue weighted by Gasteiger charge is -2.09. The number of aromatic nitrogens is 2. The first kappa shape index (κ1) is 12.4. The van der Waals surface area contributed by atoms with Crippen LogP contribution in [0.5, 0.6) is 5.88 Å². The summed E-state index contributed by atoms with van der Waals surface area (Å²) in [4.78, 5) is 8.15. The number of pyridine rings is 2. The number of nitrogens with two attached hydrogens (primary N) is 1. The normalized spacial score (nSPS) is 10.1. The standard InChI is InChI=1S/C12H13ClN4O/c1-18-11-6-8(4-5-15-11)7-16-12-9(14)2-3-10(13)17-12/h2-6H,7,14H2,1H3,(H,16,17). The van der Waals surface area contributed by atoms with Crippen LogP contribution in [0.2, 0.25) is 5.15 Å². The topological polar surface area (TPSA) is 73.1 Å². The summed E-state index contributed by atoms with van der Waals surface area (Å²) >= 11 is 5.81. The van der Waals surface area contributed by atoms with E-state index in [1.54, 1.807) is 25.4 Å². The Balaban J connectivity index is 2.08. The first-order valence-electron chi connectivity index (χ1n) is 5.34. The number of halogens is 1. The molecule has 0 aromatic carbocycles. The fraction of sp³-hybridized carbons (Fsp3) is 0.167. The molecule has 0 atom stereocenters. The third kappa shape index (κ3) is 3.01. The Morgan fingerprint density at radius 3 is 3.00 bits per heavy atom. The monoisotopic (exact) mass is 264 g/mol. The van der Waals surface area contributed by atoms with Crippen molar-refractivity contribution < 1.29 is 4.74 Å². The van der Waals surface area contributed by atoms with E-state index in [-0.39, 0.29) is 0 Å². The van der Waals surface area contributed by atoms with E-state index in [1.165, 1.54) is 0 Å². The molecule has 0 fully saturated rings. The zero-order valence-electron chi connectivity index (χ0n) is 9.85. The van der Waals surface area contributed by atoms with Crippen LogP contribution in [-0.4, -0.2) is 17.1 Å². The summed E-state index contributed by atoms with van der Waals surface area (Å²) in [6, 6.07) is 7.09. The lowest BCUT2D eigenvalue weighted by Crippen LogP contribution is -2.05. The van der Waals surface area contributed by atoms with E-state index in [9.17, 15) is 0 Å². The number of anilines is 2. The van der Waals surface area contributed by atoms with Gasteiger partial charge < -0.3 is 15.8 Å². The van der Waals surface area contributed by atoms with Gasteiger partial charge in [-0.3, -0.25) is 0 Å². The number of nitrogen functional groups attached to an aromatic ring is 1. The number of methoxy groups -OCH3 is 1. The third-order valence-electron chi connectivity index (χ3n) is 2.36. The van der Waals surface area contributed by atoms with Gasteiger partial charge in [0.05, 0.1) is 12.8 Å². The summed E-state index contributed by atoms with van der Waals surface area (Å²) in [6.45, 7) is 0.566. The van der Waals surface area contributed by atoms with Gasteiger partial charge in [0.1, 0.15) is 5.15 Å². The smallest absolute Gasteiger partial charge is 0.213 e. The Bertz CT molecular complexity index is 547. The minimum absolute atomic E-state index is 0.402. The minimum Gasteiger partial charge on any atom is -0.481 e. The second-order valence-corrected chi connectivity index (χ2v) is 4.02. The summed E-state index contributed by atoms with van der Waals surface area (Å²) in [5.41, 5.74) is 7.36. The van der Waals surface area contributed by atoms with E-state index in [0.717, 1.165) is 5.56 Å². The molecular weight excluding hydrogens is 252 g/mol. The van der Waals surface area contributed by atoms with Crippen LogP contribution in [0.25, 0.3) is 0 Å². The highest BCUT2D eigenvalue weighted by molar-refractivity contribution is 6.29. The lowest BCUT2D eigenvalue weighted by atomic mass is 10.2. The molecule has 18 heavy (non-hydrogen) atoms. The van der Waals surface area contributed by atoms with Gasteiger partial charge in [-0.05, 0) is 23.8 Å². The number of rotatable bonds is 4. The molecule has 6 heteroatoms. The van der Waals surface area contributed by atoms with Crippen molar-refractivity contribution in [3.05, 3.63) is 41.2 Å². The van der Waals surface area contributed by atoms with E-state index in [0.29, 0.717) is 29.1 Å². The SMILES string of the molecule is COc1cc(CNc2nc(Cl)ccc2N)ccn1. The molecule has 3 N–H and O–H groups in total. The molecule has 2 rings (SSSR count).